The Balaban J connectivity index is 1.66. The highest BCUT2D eigenvalue weighted by Gasteiger charge is 2.23. The van der Waals surface area contributed by atoms with Crippen LogP contribution in [0.15, 0.2) is 28.8 Å². The van der Waals surface area contributed by atoms with Crippen molar-refractivity contribution in [3.8, 4) is 0 Å². The Kier molecular flexibility index (Phi) is 3.69. The fourth-order valence-electron chi connectivity index (χ4n) is 2.70. The zero-order valence-electron chi connectivity index (χ0n) is 11.6. The van der Waals surface area contributed by atoms with Gasteiger partial charge in [0.25, 0.3) is 0 Å². The van der Waals surface area contributed by atoms with Crippen LogP contribution in [0.25, 0.3) is 11.0 Å². The average molecular weight is 273 g/mol. The summed E-state index contributed by atoms with van der Waals surface area (Å²) in [5.41, 5.74) is 1.44. The van der Waals surface area contributed by atoms with Gasteiger partial charge in [-0.2, -0.15) is 0 Å². The molecule has 0 aliphatic carbocycles. The normalized spacial score (nSPS) is 22.9. The summed E-state index contributed by atoms with van der Waals surface area (Å²) in [5.74, 6) is 0.476. The molecule has 1 aromatic heterocycles. The van der Waals surface area contributed by atoms with E-state index in [4.69, 9.17) is 4.52 Å². The molecule has 2 aromatic rings. The predicted molar refractivity (Wildman–Crippen MR) is 76.3 cm³/mol. The lowest BCUT2D eigenvalue weighted by atomic mass is 9.95. The van der Waals surface area contributed by atoms with E-state index in [0.717, 1.165) is 30.5 Å². The zero-order valence-corrected chi connectivity index (χ0v) is 11.6. The first-order valence-corrected chi connectivity index (χ1v) is 7.07. The van der Waals surface area contributed by atoms with Crippen LogP contribution < -0.4 is 10.6 Å². The summed E-state index contributed by atoms with van der Waals surface area (Å²) < 4.78 is 5.22. The number of nitrogens with zero attached hydrogens (tertiary/aromatic N) is 1. The van der Waals surface area contributed by atoms with Gasteiger partial charge in [0, 0.05) is 11.4 Å². The van der Waals surface area contributed by atoms with E-state index in [1.165, 1.54) is 0 Å². The van der Waals surface area contributed by atoms with Crippen molar-refractivity contribution in [2.75, 3.05) is 13.1 Å². The highest BCUT2D eigenvalue weighted by atomic mass is 16.5. The highest BCUT2D eigenvalue weighted by Crippen LogP contribution is 2.18. The average Bonchev–Trinajstić information content (AvgIpc) is 2.85. The summed E-state index contributed by atoms with van der Waals surface area (Å²) in [7, 11) is 0. The van der Waals surface area contributed by atoms with Crippen molar-refractivity contribution in [2.45, 2.75) is 25.8 Å². The molecule has 20 heavy (non-hydrogen) atoms. The van der Waals surface area contributed by atoms with Crippen LogP contribution in [0.3, 0.4) is 0 Å². The number of fused-ring (bicyclic) bond motifs is 1. The molecule has 106 valence electrons. The lowest BCUT2D eigenvalue weighted by Crippen LogP contribution is -2.48. The van der Waals surface area contributed by atoms with Crippen molar-refractivity contribution >= 4 is 16.9 Å². The molecular formula is C15H19N3O2. The molecular weight excluding hydrogens is 254 g/mol. The molecule has 2 N–H and O–H groups in total. The number of para-hydroxylation sites is 1. The molecule has 1 saturated heterocycles. The maximum absolute atomic E-state index is 12.2. The number of carbonyl (C=O) groups excluding carboxylic acids is 1. The number of nitrogens with one attached hydrogen (secondary N) is 2. The van der Waals surface area contributed by atoms with Crippen molar-refractivity contribution in [3.05, 3.63) is 30.0 Å². The molecule has 5 nitrogen and oxygen atoms in total. The molecule has 2 heterocycles. The Bertz CT molecular complexity index is 608. The number of amides is 1. The van der Waals surface area contributed by atoms with E-state index in [-0.39, 0.29) is 18.4 Å². The fraction of sp³-hybridized carbons (Fsp3) is 0.467. The molecule has 0 spiro atoms. The molecule has 0 radical (unpaired) electrons. The van der Waals surface area contributed by atoms with Gasteiger partial charge in [0.2, 0.25) is 5.91 Å². The fourth-order valence-corrected chi connectivity index (χ4v) is 2.70. The van der Waals surface area contributed by atoms with Gasteiger partial charge in [-0.25, -0.2) is 0 Å². The Labute approximate surface area is 117 Å². The van der Waals surface area contributed by atoms with Gasteiger partial charge in [0.05, 0.1) is 6.42 Å². The predicted octanol–water partition coefficient (Wildman–Crippen LogP) is 1.48. The van der Waals surface area contributed by atoms with E-state index in [1.807, 2.05) is 24.3 Å². The number of carbonyl (C=O) groups is 1. The van der Waals surface area contributed by atoms with Crippen LogP contribution in [0.4, 0.5) is 0 Å². The molecule has 1 aliphatic heterocycles. The van der Waals surface area contributed by atoms with Gasteiger partial charge in [0.1, 0.15) is 5.69 Å². The maximum Gasteiger partial charge on any atom is 0.226 e. The number of aromatic nitrogens is 1. The zero-order chi connectivity index (χ0) is 13.9. The first-order valence-electron chi connectivity index (χ1n) is 7.07. The Morgan fingerprint density at radius 3 is 3.20 bits per heavy atom. The van der Waals surface area contributed by atoms with E-state index in [2.05, 4.69) is 22.7 Å². The monoisotopic (exact) mass is 273 g/mol. The molecule has 0 saturated carbocycles. The number of benzene rings is 1. The van der Waals surface area contributed by atoms with Crippen molar-refractivity contribution in [2.24, 2.45) is 5.92 Å². The van der Waals surface area contributed by atoms with Gasteiger partial charge in [-0.1, -0.05) is 24.2 Å². The van der Waals surface area contributed by atoms with Crippen LogP contribution >= 0.6 is 0 Å². The minimum absolute atomic E-state index is 0.0165. The molecule has 0 bridgehead atoms. The number of hydrogen-bond acceptors (Lipinski definition) is 4. The van der Waals surface area contributed by atoms with Crippen LogP contribution in [0.1, 0.15) is 19.0 Å². The van der Waals surface area contributed by atoms with E-state index in [9.17, 15) is 4.79 Å². The van der Waals surface area contributed by atoms with Crippen LogP contribution in [0.2, 0.25) is 0 Å². The molecule has 1 fully saturated rings. The first-order chi connectivity index (χ1) is 9.74. The van der Waals surface area contributed by atoms with Gasteiger partial charge in [-0.3, -0.25) is 4.79 Å². The van der Waals surface area contributed by atoms with Crippen molar-refractivity contribution < 1.29 is 9.32 Å². The first kappa shape index (κ1) is 13.1. The second kappa shape index (κ2) is 5.63. The molecule has 2 unspecified atom stereocenters. The van der Waals surface area contributed by atoms with Crippen LogP contribution in [0, 0.1) is 5.92 Å². The lowest BCUT2D eigenvalue weighted by Gasteiger charge is -2.30. The summed E-state index contributed by atoms with van der Waals surface area (Å²) in [5, 5.41) is 11.4. The Morgan fingerprint density at radius 2 is 2.35 bits per heavy atom. The van der Waals surface area contributed by atoms with Crippen molar-refractivity contribution in [1.29, 1.82) is 0 Å². The number of piperidine rings is 1. The maximum atomic E-state index is 12.2. The van der Waals surface area contributed by atoms with Crippen LogP contribution in [-0.2, 0) is 11.2 Å². The Morgan fingerprint density at radius 1 is 1.50 bits per heavy atom. The summed E-state index contributed by atoms with van der Waals surface area (Å²) >= 11 is 0. The second-order valence-electron chi connectivity index (χ2n) is 5.45. The minimum Gasteiger partial charge on any atom is -0.356 e. The quantitative estimate of drug-likeness (QED) is 0.889. The van der Waals surface area contributed by atoms with Crippen LogP contribution in [0.5, 0.6) is 0 Å². The SMILES string of the molecule is CC1CNCCC1NC(=O)Cc1noc2ccccc12. The summed E-state index contributed by atoms with van der Waals surface area (Å²) in [6.45, 7) is 4.07. The molecule has 5 heteroatoms. The number of rotatable bonds is 3. The third kappa shape index (κ3) is 2.67. The lowest BCUT2D eigenvalue weighted by molar-refractivity contribution is -0.121. The summed E-state index contributed by atoms with van der Waals surface area (Å²) in [6.07, 6.45) is 1.25. The molecule has 1 aliphatic rings. The van der Waals surface area contributed by atoms with E-state index in [1.54, 1.807) is 0 Å². The smallest absolute Gasteiger partial charge is 0.226 e. The second-order valence-corrected chi connectivity index (χ2v) is 5.45. The highest BCUT2D eigenvalue weighted by molar-refractivity contribution is 5.86. The van der Waals surface area contributed by atoms with Gasteiger partial charge in [-0.05, 0) is 37.6 Å². The van der Waals surface area contributed by atoms with Gasteiger partial charge in [0.15, 0.2) is 5.58 Å². The van der Waals surface area contributed by atoms with Crippen molar-refractivity contribution in [3.63, 3.8) is 0 Å². The minimum atomic E-state index is 0.0165. The van der Waals surface area contributed by atoms with Crippen LogP contribution in [-0.4, -0.2) is 30.2 Å². The Hall–Kier alpha value is -1.88. The standard InChI is InChI=1S/C15H19N3O2/c1-10-9-16-7-6-12(10)17-15(19)8-13-11-4-2-3-5-14(11)20-18-13/h2-5,10,12,16H,6-9H2,1H3,(H,17,19). The van der Waals surface area contributed by atoms with E-state index < -0.39 is 0 Å². The van der Waals surface area contributed by atoms with Gasteiger partial charge < -0.3 is 15.2 Å². The third-order valence-corrected chi connectivity index (χ3v) is 3.91. The summed E-state index contributed by atoms with van der Waals surface area (Å²) in [6, 6.07) is 7.87. The van der Waals surface area contributed by atoms with E-state index >= 15 is 0 Å². The topological polar surface area (TPSA) is 67.2 Å². The molecule has 2 atom stereocenters. The van der Waals surface area contributed by atoms with E-state index in [0.29, 0.717) is 11.6 Å². The third-order valence-electron chi connectivity index (χ3n) is 3.91. The largest absolute Gasteiger partial charge is 0.356 e. The molecule has 1 aromatic carbocycles. The molecule has 1 amide bonds. The molecule has 3 rings (SSSR count). The van der Waals surface area contributed by atoms with Crippen molar-refractivity contribution in [1.82, 2.24) is 15.8 Å². The van der Waals surface area contributed by atoms with Gasteiger partial charge in [-0.15, -0.1) is 0 Å². The summed E-state index contributed by atoms with van der Waals surface area (Å²) in [4.78, 5) is 12.2. The number of hydrogen-bond donors (Lipinski definition) is 2. The van der Waals surface area contributed by atoms with Gasteiger partial charge >= 0.3 is 0 Å².